The van der Waals surface area contributed by atoms with Gasteiger partial charge in [0.05, 0.1) is 25.7 Å². The molecule has 0 radical (unpaired) electrons. The first-order chi connectivity index (χ1) is 10.5. The molecule has 0 saturated heterocycles. The Morgan fingerprint density at radius 3 is 2.45 bits per heavy atom. The van der Waals surface area contributed by atoms with E-state index in [0.717, 1.165) is 10.6 Å². The molecule has 22 heavy (non-hydrogen) atoms. The summed E-state index contributed by atoms with van der Waals surface area (Å²) < 4.78 is 5.62. The second-order valence-corrected chi connectivity index (χ2v) is 5.69. The molecule has 1 rings (SSSR count). The van der Waals surface area contributed by atoms with Crippen molar-refractivity contribution in [3.8, 4) is 0 Å². The Morgan fingerprint density at radius 1 is 1.27 bits per heavy atom. The molecule has 0 aromatic heterocycles. The molecule has 0 heterocycles. The molecular weight excluding hydrogens is 282 g/mol. The fourth-order valence-electron chi connectivity index (χ4n) is 2.20. The number of benzene rings is 1. The Bertz CT molecular complexity index is 436. The lowest BCUT2D eigenvalue weighted by atomic mass is 9.90. The van der Waals surface area contributed by atoms with Gasteiger partial charge < -0.3 is 9.84 Å². The molecule has 1 amide bonds. The van der Waals surface area contributed by atoms with Gasteiger partial charge in [-0.2, -0.15) is 0 Å². The van der Waals surface area contributed by atoms with E-state index in [0.29, 0.717) is 19.6 Å². The first-order valence-corrected chi connectivity index (χ1v) is 7.58. The van der Waals surface area contributed by atoms with E-state index in [4.69, 9.17) is 9.57 Å². The number of carbonyl (C=O) groups is 1. The summed E-state index contributed by atoms with van der Waals surface area (Å²) in [5.74, 6) is -0.763. The van der Waals surface area contributed by atoms with Crippen molar-refractivity contribution < 1.29 is 19.5 Å². The van der Waals surface area contributed by atoms with E-state index in [1.807, 2.05) is 44.2 Å². The van der Waals surface area contributed by atoms with Crippen LogP contribution in [0, 0.1) is 11.8 Å². The lowest BCUT2D eigenvalue weighted by molar-refractivity contribution is -0.179. The van der Waals surface area contributed by atoms with Crippen LogP contribution in [-0.2, 0) is 21.0 Å². The van der Waals surface area contributed by atoms with Gasteiger partial charge in [0, 0.05) is 13.7 Å². The zero-order chi connectivity index (χ0) is 16.5. The van der Waals surface area contributed by atoms with Gasteiger partial charge in [-0.05, 0) is 17.9 Å². The van der Waals surface area contributed by atoms with Gasteiger partial charge in [0.2, 0.25) is 0 Å². The molecule has 5 heteroatoms. The molecule has 124 valence electrons. The number of hydrogen-bond donors (Lipinski definition) is 1. The molecule has 1 aromatic rings. The van der Waals surface area contributed by atoms with Gasteiger partial charge in [-0.3, -0.25) is 9.63 Å². The van der Waals surface area contributed by atoms with Crippen LogP contribution in [0.3, 0.4) is 0 Å². The quantitative estimate of drug-likeness (QED) is 0.561. The molecule has 1 aromatic carbocycles. The second kappa shape index (κ2) is 9.56. The fraction of sp³-hybridized carbons (Fsp3) is 0.588. The Balaban J connectivity index is 2.52. The molecule has 1 N–H and O–H groups in total. The van der Waals surface area contributed by atoms with E-state index in [1.165, 1.54) is 7.11 Å². The smallest absolute Gasteiger partial charge is 0.251 e. The summed E-state index contributed by atoms with van der Waals surface area (Å²) in [6, 6.07) is 9.86. The van der Waals surface area contributed by atoms with Crippen LogP contribution in [0.4, 0.5) is 0 Å². The third-order valence-electron chi connectivity index (χ3n) is 3.68. The standard InChI is InChI=1S/C17H27NO4/c1-13(2)16(19)15(17(20)18(3)21-4)10-11-22-12-14-8-6-5-7-9-14/h5-9,13,15-16,19H,10-12H2,1-4H3/t15-,16+/m0/s1. The molecule has 0 aliphatic heterocycles. The van der Waals surface area contributed by atoms with Crippen molar-refractivity contribution in [2.45, 2.75) is 33.0 Å². The minimum Gasteiger partial charge on any atom is -0.392 e. The SMILES string of the molecule is CON(C)C(=O)[C@@H](CCOCc1ccccc1)[C@H](O)C(C)C. The summed E-state index contributed by atoms with van der Waals surface area (Å²) in [7, 11) is 2.98. The van der Waals surface area contributed by atoms with Crippen LogP contribution >= 0.6 is 0 Å². The van der Waals surface area contributed by atoms with E-state index in [1.54, 1.807) is 7.05 Å². The van der Waals surface area contributed by atoms with Crippen LogP contribution in [0.15, 0.2) is 30.3 Å². The molecule has 0 unspecified atom stereocenters. The third kappa shape index (κ3) is 5.75. The monoisotopic (exact) mass is 309 g/mol. The van der Waals surface area contributed by atoms with E-state index < -0.39 is 12.0 Å². The van der Waals surface area contributed by atoms with Gasteiger partial charge in [-0.25, -0.2) is 5.06 Å². The van der Waals surface area contributed by atoms with Crippen molar-refractivity contribution >= 4 is 5.91 Å². The van der Waals surface area contributed by atoms with Gasteiger partial charge in [0.25, 0.3) is 5.91 Å². The Labute approximate surface area is 132 Å². The first-order valence-electron chi connectivity index (χ1n) is 7.58. The summed E-state index contributed by atoms with van der Waals surface area (Å²) in [5.41, 5.74) is 1.09. The molecule has 0 saturated carbocycles. The highest BCUT2D eigenvalue weighted by Gasteiger charge is 2.31. The highest BCUT2D eigenvalue weighted by atomic mass is 16.7. The highest BCUT2D eigenvalue weighted by molar-refractivity contribution is 5.78. The summed E-state index contributed by atoms with van der Waals surface area (Å²) >= 11 is 0. The van der Waals surface area contributed by atoms with Crippen LogP contribution < -0.4 is 0 Å². The third-order valence-corrected chi connectivity index (χ3v) is 3.68. The highest BCUT2D eigenvalue weighted by Crippen LogP contribution is 2.19. The number of carbonyl (C=O) groups excluding carboxylic acids is 1. The van der Waals surface area contributed by atoms with E-state index in [-0.39, 0.29) is 11.8 Å². The average Bonchev–Trinajstić information content (AvgIpc) is 2.53. The zero-order valence-corrected chi connectivity index (χ0v) is 13.9. The normalized spacial score (nSPS) is 13.9. The fourth-order valence-corrected chi connectivity index (χ4v) is 2.20. The van der Waals surface area contributed by atoms with Gasteiger partial charge in [-0.15, -0.1) is 0 Å². The van der Waals surface area contributed by atoms with Crippen LogP contribution in [0.25, 0.3) is 0 Å². The molecule has 2 atom stereocenters. The van der Waals surface area contributed by atoms with Gasteiger partial charge in [-0.1, -0.05) is 44.2 Å². The predicted octanol–water partition coefficient (Wildman–Crippen LogP) is 2.25. The molecule has 0 fully saturated rings. The Kier molecular flexibility index (Phi) is 8.09. The lowest BCUT2D eigenvalue weighted by Gasteiger charge is -2.27. The maximum Gasteiger partial charge on any atom is 0.251 e. The number of ether oxygens (including phenoxy) is 1. The topological polar surface area (TPSA) is 59.0 Å². The van der Waals surface area contributed by atoms with Crippen molar-refractivity contribution in [2.75, 3.05) is 20.8 Å². The number of rotatable bonds is 9. The number of aliphatic hydroxyl groups excluding tert-OH is 1. The Hall–Kier alpha value is -1.43. The molecule has 5 nitrogen and oxygen atoms in total. The summed E-state index contributed by atoms with van der Waals surface area (Å²) in [6.07, 6.45) is -0.260. The minimum absolute atomic E-state index is 0.00618. The van der Waals surface area contributed by atoms with Gasteiger partial charge in [0.15, 0.2) is 0 Å². The molecule has 0 aliphatic carbocycles. The van der Waals surface area contributed by atoms with Crippen LogP contribution in [0.2, 0.25) is 0 Å². The molecular formula is C17H27NO4. The van der Waals surface area contributed by atoms with E-state index >= 15 is 0 Å². The van der Waals surface area contributed by atoms with Crippen molar-refractivity contribution in [1.82, 2.24) is 5.06 Å². The largest absolute Gasteiger partial charge is 0.392 e. The van der Waals surface area contributed by atoms with Crippen molar-refractivity contribution in [2.24, 2.45) is 11.8 Å². The first kappa shape index (κ1) is 18.6. The molecule has 0 bridgehead atoms. The average molecular weight is 309 g/mol. The number of nitrogens with zero attached hydrogens (tertiary/aromatic N) is 1. The van der Waals surface area contributed by atoms with Crippen LogP contribution in [-0.4, -0.2) is 42.9 Å². The van der Waals surface area contributed by atoms with Crippen molar-refractivity contribution in [3.63, 3.8) is 0 Å². The summed E-state index contributed by atoms with van der Waals surface area (Å²) in [5, 5.41) is 11.4. The number of aliphatic hydroxyl groups is 1. The van der Waals surface area contributed by atoms with Crippen molar-refractivity contribution in [3.05, 3.63) is 35.9 Å². The van der Waals surface area contributed by atoms with Crippen LogP contribution in [0.1, 0.15) is 25.8 Å². The van der Waals surface area contributed by atoms with Crippen molar-refractivity contribution in [1.29, 1.82) is 0 Å². The lowest BCUT2D eigenvalue weighted by Crippen LogP contribution is -2.41. The Morgan fingerprint density at radius 2 is 1.91 bits per heavy atom. The number of hydroxylamine groups is 2. The maximum atomic E-state index is 12.3. The number of hydrogen-bond acceptors (Lipinski definition) is 4. The van der Waals surface area contributed by atoms with E-state index in [2.05, 4.69) is 0 Å². The molecule has 0 aliphatic rings. The second-order valence-electron chi connectivity index (χ2n) is 5.69. The summed E-state index contributed by atoms with van der Waals surface area (Å²) in [4.78, 5) is 17.2. The number of amides is 1. The van der Waals surface area contributed by atoms with Crippen LogP contribution in [0.5, 0.6) is 0 Å². The predicted molar refractivity (Wildman–Crippen MR) is 84.8 cm³/mol. The molecule has 0 spiro atoms. The van der Waals surface area contributed by atoms with E-state index in [9.17, 15) is 9.90 Å². The van der Waals surface area contributed by atoms with Gasteiger partial charge >= 0.3 is 0 Å². The maximum absolute atomic E-state index is 12.3. The summed E-state index contributed by atoms with van der Waals surface area (Å²) in [6.45, 7) is 4.69. The van der Waals surface area contributed by atoms with Gasteiger partial charge in [0.1, 0.15) is 0 Å². The zero-order valence-electron chi connectivity index (χ0n) is 13.9. The minimum atomic E-state index is -0.717.